The van der Waals surface area contributed by atoms with E-state index in [1.165, 1.54) is 13.2 Å². The summed E-state index contributed by atoms with van der Waals surface area (Å²) in [6, 6.07) is 22.6. The zero-order valence-electron chi connectivity index (χ0n) is 20.2. The third kappa shape index (κ3) is 4.25. The van der Waals surface area contributed by atoms with Gasteiger partial charge in [0.1, 0.15) is 34.0 Å². The van der Waals surface area contributed by atoms with Crippen molar-refractivity contribution < 1.29 is 28.9 Å². The Hall–Kier alpha value is -4.78. The van der Waals surface area contributed by atoms with Gasteiger partial charge < -0.3 is 24.1 Å². The molecule has 5 aromatic rings. The summed E-state index contributed by atoms with van der Waals surface area (Å²) < 4.78 is 16.7. The second-order valence-electron chi connectivity index (χ2n) is 8.61. The molecule has 0 aliphatic heterocycles. The van der Waals surface area contributed by atoms with Crippen LogP contribution in [-0.4, -0.2) is 30.4 Å². The summed E-state index contributed by atoms with van der Waals surface area (Å²) in [6.07, 6.45) is -0.153. The van der Waals surface area contributed by atoms with Crippen molar-refractivity contribution in [3.8, 4) is 28.6 Å². The molecule has 0 aliphatic rings. The molecular formula is C30H24O7. The molecule has 4 aromatic carbocycles. The lowest BCUT2D eigenvalue weighted by Crippen LogP contribution is -2.13. The molecule has 1 unspecified atom stereocenters. The molecule has 1 heterocycles. The number of hydrogen-bond acceptors (Lipinski definition) is 7. The minimum absolute atomic E-state index is 0.00217. The largest absolute Gasteiger partial charge is 0.507 e. The molecule has 1 aromatic heterocycles. The average molecular weight is 497 g/mol. The highest BCUT2D eigenvalue weighted by atomic mass is 16.5. The Kier molecular flexibility index (Phi) is 6.27. The van der Waals surface area contributed by atoms with Gasteiger partial charge in [-0.3, -0.25) is 9.59 Å². The number of carbonyl (C=O) groups excluding carboxylic acids is 1. The maximum absolute atomic E-state index is 13.2. The molecule has 0 amide bonds. The van der Waals surface area contributed by atoms with Crippen LogP contribution in [0, 0.1) is 0 Å². The highest BCUT2D eigenvalue weighted by Crippen LogP contribution is 2.45. The number of phenolic OH excluding ortho intramolecular Hbond substituents is 2. The molecule has 1 atom stereocenters. The number of methoxy groups -OCH3 is 2. The first-order chi connectivity index (χ1) is 17.9. The predicted octanol–water partition coefficient (Wildman–Crippen LogP) is 5.73. The van der Waals surface area contributed by atoms with Gasteiger partial charge in [-0.15, -0.1) is 0 Å². The van der Waals surface area contributed by atoms with Gasteiger partial charge in [0, 0.05) is 34.6 Å². The predicted molar refractivity (Wildman–Crippen MR) is 140 cm³/mol. The van der Waals surface area contributed by atoms with Crippen LogP contribution in [0.2, 0.25) is 0 Å². The van der Waals surface area contributed by atoms with Crippen LogP contribution in [0.4, 0.5) is 0 Å². The summed E-state index contributed by atoms with van der Waals surface area (Å²) in [6.45, 7) is 0. The number of aromatic hydroxyl groups is 2. The van der Waals surface area contributed by atoms with E-state index in [1.54, 1.807) is 25.3 Å². The molecule has 0 spiro atoms. The van der Waals surface area contributed by atoms with E-state index in [-0.39, 0.29) is 34.5 Å². The third-order valence-corrected chi connectivity index (χ3v) is 6.52. The van der Waals surface area contributed by atoms with Crippen LogP contribution in [0.15, 0.2) is 88.1 Å². The number of esters is 1. The van der Waals surface area contributed by atoms with Gasteiger partial charge in [0.05, 0.1) is 20.6 Å². The van der Waals surface area contributed by atoms with Gasteiger partial charge in [-0.25, -0.2) is 0 Å². The smallest absolute Gasteiger partial charge is 0.306 e. The quantitative estimate of drug-likeness (QED) is 0.289. The van der Waals surface area contributed by atoms with Crippen LogP contribution in [0.5, 0.6) is 17.2 Å². The van der Waals surface area contributed by atoms with Crippen LogP contribution in [-0.2, 0) is 9.53 Å². The maximum Gasteiger partial charge on any atom is 0.306 e. The maximum atomic E-state index is 13.2. The lowest BCUT2D eigenvalue weighted by molar-refractivity contribution is -0.140. The van der Waals surface area contributed by atoms with E-state index in [2.05, 4.69) is 0 Å². The highest BCUT2D eigenvalue weighted by molar-refractivity contribution is 5.95. The van der Waals surface area contributed by atoms with Crippen molar-refractivity contribution >= 4 is 27.7 Å². The summed E-state index contributed by atoms with van der Waals surface area (Å²) >= 11 is 0. The van der Waals surface area contributed by atoms with Crippen LogP contribution in [0.3, 0.4) is 0 Å². The van der Waals surface area contributed by atoms with Gasteiger partial charge in [0.25, 0.3) is 0 Å². The van der Waals surface area contributed by atoms with Gasteiger partial charge in [-0.2, -0.15) is 0 Å². The molecule has 0 saturated carbocycles. The number of fused-ring (bicyclic) bond motifs is 2. The number of phenols is 2. The van der Waals surface area contributed by atoms with Gasteiger partial charge >= 0.3 is 5.97 Å². The second-order valence-corrected chi connectivity index (χ2v) is 8.61. The summed E-state index contributed by atoms with van der Waals surface area (Å²) in [5.41, 5.74) is 1.06. The number of carbonyl (C=O) groups is 1. The zero-order chi connectivity index (χ0) is 26.1. The lowest BCUT2D eigenvalue weighted by atomic mass is 9.83. The molecule has 0 fully saturated rings. The van der Waals surface area contributed by atoms with Crippen molar-refractivity contribution in [2.24, 2.45) is 0 Å². The van der Waals surface area contributed by atoms with Crippen molar-refractivity contribution in [2.45, 2.75) is 12.3 Å². The summed E-state index contributed by atoms with van der Waals surface area (Å²) in [5.74, 6) is -1.12. The molecule has 2 N–H and O–H groups in total. The first-order valence-corrected chi connectivity index (χ1v) is 11.6. The standard InChI is InChI=1S/C30H24O7/c1-35-25-13-12-19(18-10-6-7-11-20(18)25)21(14-27(34)36-2)28-22(31)15-23(32)29-24(33)16-26(37-30(28)29)17-8-4-3-5-9-17/h3-13,15-16,21,31-32H,14H2,1-2H3. The van der Waals surface area contributed by atoms with E-state index in [9.17, 15) is 19.8 Å². The molecule has 0 bridgehead atoms. The highest BCUT2D eigenvalue weighted by Gasteiger charge is 2.29. The lowest BCUT2D eigenvalue weighted by Gasteiger charge is -2.22. The van der Waals surface area contributed by atoms with Crippen molar-refractivity contribution in [2.75, 3.05) is 14.2 Å². The molecule has 0 aliphatic carbocycles. The number of rotatable bonds is 6. The molecule has 37 heavy (non-hydrogen) atoms. The van der Waals surface area contributed by atoms with Crippen molar-refractivity contribution in [1.82, 2.24) is 0 Å². The zero-order valence-corrected chi connectivity index (χ0v) is 20.2. The van der Waals surface area contributed by atoms with E-state index in [1.807, 2.05) is 48.5 Å². The van der Waals surface area contributed by atoms with E-state index in [0.717, 1.165) is 16.8 Å². The third-order valence-electron chi connectivity index (χ3n) is 6.52. The average Bonchev–Trinajstić information content (AvgIpc) is 2.91. The topological polar surface area (TPSA) is 106 Å². The van der Waals surface area contributed by atoms with Gasteiger partial charge in [0.15, 0.2) is 5.43 Å². The SMILES string of the molecule is COC(=O)CC(c1ccc(OC)c2ccccc12)c1c(O)cc(O)c2c(=O)cc(-c3ccccc3)oc12. The van der Waals surface area contributed by atoms with Gasteiger partial charge in [-0.05, 0) is 17.0 Å². The van der Waals surface area contributed by atoms with Crippen LogP contribution < -0.4 is 10.2 Å². The minimum Gasteiger partial charge on any atom is -0.507 e. The van der Waals surface area contributed by atoms with Gasteiger partial charge in [-0.1, -0.05) is 60.7 Å². The fourth-order valence-electron chi connectivity index (χ4n) is 4.80. The Labute approximate surface area is 212 Å². The van der Waals surface area contributed by atoms with E-state index >= 15 is 0 Å². The fraction of sp³-hybridized carbons (Fsp3) is 0.133. The molecule has 0 radical (unpaired) electrons. The van der Waals surface area contributed by atoms with Crippen molar-refractivity contribution in [3.05, 3.63) is 100 Å². The Morgan fingerprint density at radius 2 is 1.59 bits per heavy atom. The van der Waals surface area contributed by atoms with Crippen LogP contribution in [0.25, 0.3) is 33.1 Å². The monoisotopic (exact) mass is 496 g/mol. The van der Waals surface area contributed by atoms with Gasteiger partial charge in [0.2, 0.25) is 0 Å². The number of benzene rings is 4. The molecular weight excluding hydrogens is 472 g/mol. The Morgan fingerprint density at radius 3 is 2.30 bits per heavy atom. The summed E-state index contributed by atoms with van der Waals surface area (Å²) in [4.78, 5) is 25.8. The van der Waals surface area contributed by atoms with E-state index < -0.39 is 23.1 Å². The molecule has 7 nitrogen and oxygen atoms in total. The molecule has 186 valence electrons. The molecule has 7 heteroatoms. The molecule has 5 rings (SSSR count). The van der Waals surface area contributed by atoms with Crippen LogP contribution in [0.1, 0.15) is 23.5 Å². The van der Waals surface area contributed by atoms with Crippen LogP contribution >= 0.6 is 0 Å². The Bertz CT molecular complexity index is 1690. The molecule has 0 saturated heterocycles. The Balaban J connectivity index is 1.86. The van der Waals surface area contributed by atoms with E-state index in [0.29, 0.717) is 16.9 Å². The second kappa shape index (κ2) is 9.70. The first kappa shape index (κ1) is 23.9. The summed E-state index contributed by atoms with van der Waals surface area (Å²) in [7, 11) is 2.86. The number of hydrogen-bond donors (Lipinski definition) is 2. The van der Waals surface area contributed by atoms with E-state index in [4.69, 9.17) is 13.9 Å². The first-order valence-electron chi connectivity index (χ1n) is 11.6. The Morgan fingerprint density at radius 1 is 0.892 bits per heavy atom. The fourth-order valence-corrected chi connectivity index (χ4v) is 4.80. The van der Waals surface area contributed by atoms with Crippen molar-refractivity contribution in [1.29, 1.82) is 0 Å². The number of ether oxygens (including phenoxy) is 2. The minimum atomic E-state index is -0.777. The summed E-state index contributed by atoms with van der Waals surface area (Å²) in [5, 5.41) is 23.3. The normalized spacial score (nSPS) is 11.9. The van der Waals surface area contributed by atoms with Crippen molar-refractivity contribution in [3.63, 3.8) is 0 Å².